The third kappa shape index (κ3) is 4.12. The van der Waals surface area contributed by atoms with Crippen molar-refractivity contribution in [3.05, 3.63) is 0 Å². The molecule has 6 heteroatoms. The molecule has 0 fully saturated rings. The molecule has 0 aromatic rings. The number of carbonyl (C=O) groups is 1. The van der Waals surface area contributed by atoms with Crippen molar-refractivity contribution < 1.29 is 18.0 Å². The van der Waals surface area contributed by atoms with Crippen LogP contribution in [-0.4, -0.2) is 32.2 Å². The summed E-state index contributed by atoms with van der Waals surface area (Å²) in [7, 11) is -1.36. The van der Waals surface area contributed by atoms with E-state index in [0.29, 0.717) is 6.42 Å². The van der Waals surface area contributed by atoms with Gasteiger partial charge in [0.25, 0.3) is 0 Å². The molecule has 0 atom stereocenters. The zero-order valence-electron chi connectivity index (χ0n) is 8.61. The van der Waals surface area contributed by atoms with E-state index in [0.717, 1.165) is 11.0 Å². The van der Waals surface area contributed by atoms with E-state index in [2.05, 4.69) is 0 Å². The quantitative estimate of drug-likeness (QED) is 0.674. The number of amides is 1. The molecule has 0 aliphatic carbocycles. The number of unbranched alkanes of at least 4 members (excludes halogenated alkanes) is 1. The molecule has 0 heterocycles. The Morgan fingerprint density at radius 3 is 2.14 bits per heavy atom. The SMILES string of the molecule is CCCCN(C(=O)C(F)(F)F)[Si](C)C. The van der Waals surface area contributed by atoms with Gasteiger partial charge in [-0.2, -0.15) is 13.2 Å². The van der Waals surface area contributed by atoms with Gasteiger partial charge in [0, 0.05) is 6.54 Å². The fourth-order valence-corrected chi connectivity index (χ4v) is 2.14. The van der Waals surface area contributed by atoms with E-state index in [1.807, 2.05) is 6.92 Å². The molecule has 0 aliphatic heterocycles. The van der Waals surface area contributed by atoms with Crippen LogP contribution in [0.2, 0.25) is 13.1 Å². The van der Waals surface area contributed by atoms with Crippen molar-refractivity contribution in [3.63, 3.8) is 0 Å². The Hall–Kier alpha value is -0.523. The average Bonchev–Trinajstić information content (AvgIpc) is 2.02. The zero-order valence-corrected chi connectivity index (χ0v) is 9.61. The monoisotopic (exact) mass is 226 g/mol. The third-order valence-electron chi connectivity index (χ3n) is 1.76. The number of halogens is 3. The van der Waals surface area contributed by atoms with Crippen LogP contribution in [0.15, 0.2) is 0 Å². The first kappa shape index (κ1) is 13.5. The van der Waals surface area contributed by atoms with Crippen LogP contribution in [0.1, 0.15) is 19.8 Å². The highest BCUT2D eigenvalue weighted by atomic mass is 28.3. The second-order valence-corrected chi connectivity index (χ2v) is 5.69. The predicted molar refractivity (Wildman–Crippen MR) is 50.2 cm³/mol. The molecular formula is C8H15F3NOSi. The van der Waals surface area contributed by atoms with Crippen molar-refractivity contribution in [1.82, 2.24) is 4.57 Å². The zero-order chi connectivity index (χ0) is 11.4. The van der Waals surface area contributed by atoms with E-state index in [1.54, 1.807) is 13.1 Å². The lowest BCUT2D eigenvalue weighted by Gasteiger charge is -2.26. The van der Waals surface area contributed by atoms with Crippen LogP contribution >= 0.6 is 0 Å². The van der Waals surface area contributed by atoms with Gasteiger partial charge in [-0.05, 0) is 6.42 Å². The summed E-state index contributed by atoms with van der Waals surface area (Å²) in [6.07, 6.45) is -3.32. The van der Waals surface area contributed by atoms with Crippen LogP contribution in [0.3, 0.4) is 0 Å². The molecular weight excluding hydrogens is 211 g/mol. The fraction of sp³-hybridized carbons (Fsp3) is 0.875. The van der Waals surface area contributed by atoms with Crippen LogP contribution in [0, 0.1) is 0 Å². The van der Waals surface area contributed by atoms with Gasteiger partial charge < -0.3 is 4.57 Å². The normalized spacial score (nSPS) is 11.9. The van der Waals surface area contributed by atoms with E-state index in [1.165, 1.54) is 0 Å². The predicted octanol–water partition coefficient (Wildman–Crippen LogP) is 2.43. The summed E-state index contributed by atoms with van der Waals surface area (Å²) in [6, 6.07) is 0. The lowest BCUT2D eigenvalue weighted by Crippen LogP contribution is -2.47. The van der Waals surface area contributed by atoms with E-state index < -0.39 is 21.0 Å². The van der Waals surface area contributed by atoms with E-state index in [-0.39, 0.29) is 6.54 Å². The smallest absolute Gasteiger partial charge is 0.362 e. The van der Waals surface area contributed by atoms with Crippen molar-refractivity contribution in [1.29, 1.82) is 0 Å². The topological polar surface area (TPSA) is 20.3 Å². The van der Waals surface area contributed by atoms with Gasteiger partial charge in [-0.1, -0.05) is 26.4 Å². The molecule has 14 heavy (non-hydrogen) atoms. The molecule has 0 aromatic heterocycles. The summed E-state index contributed by atoms with van der Waals surface area (Å²) in [6.45, 7) is 5.47. The summed E-state index contributed by atoms with van der Waals surface area (Å²) in [5.74, 6) is -1.69. The van der Waals surface area contributed by atoms with Gasteiger partial charge in [0.2, 0.25) is 0 Å². The highest BCUT2D eigenvalue weighted by molar-refractivity contribution is 6.55. The van der Waals surface area contributed by atoms with Crippen LogP contribution in [0.25, 0.3) is 0 Å². The Balaban J connectivity index is 4.42. The number of alkyl halides is 3. The van der Waals surface area contributed by atoms with Crippen molar-refractivity contribution in [2.24, 2.45) is 0 Å². The molecule has 0 bridgehead atoms. The van der Waals surface area contributed by atoms with Crippen LogP contribution in [-0.2, 0) is 4.79 Å². The van der Waals surface area contributed by atoms with Crippen molar-refractivity contribution >= 4 is 14.9 Å². The highest BCUT2D eigenvalue weighted by Crippen LogP contribution is 2.19. The average molecular weight is 226 g/mol. The Labute approximate surface area is 83.8 Å². The molecule has 2 nitrogen and oxygen atoms in total. The molecule has 0 aliphatic rings. The van der Waals surface area contributed by atoms with Gasteiger partial charge >= 0.3 is 12.1 Å². The molecule has 1 amide bonds. The van der Waals surface area contributed by atoms with Crippen molar-refractivity contribution in [2.45, 2.75) is 39.0 Å². The molecule has 0 saturated heterocycles. The maximum Gasteiger partial charge on any atom is 0.470 e. The molecule has 0 spiro atoms. The molecule has 0 unspecified atom stereocenters. The summed E-state index contributed by atoms with van der Waals surface area (Å²) in [5.41, 5.74) is 0. The fourth-order valence-electron chi connectivity index (χ4n) is 0.997. The number of rotatable bonds is 4. The second-order valence-electron chi connectivity index (χ2n) is 3.26. The molecule has 0 rings (SSSR count). The van der Waals surface area contributed by atoms with Gasteiger partial charge in [0.15, 0.2) is 8.96 Å². The Bertz CT molecular complexity index is 194. The highest BCUT2D eigenvalue weighted by Gasteiger charge is 2.42. The largest absolute Gasteiger partial charge is 0.470 e. The van der Waals surface area contributed by atoms with E-state index >= 15 is 0 Å². The van der Waals surface area contributed by atoms with Crippen molar-refractivity contribution in [2.75, 3.05) is 6.54 Å². The molecule has 1 radical (unpaired) electrons. The Morgan fingerprint density at radius 1 is 1.36 bits per heavy atom. The van der Waals surface area contributed by atoms with Gasteiger partial charge in [-0.15, -0.1) is 0 Å². The Morgan fingerprint density at radius 2 is 1.86 bits per heavy atom. The molecule has 0 N–H and O–H groups in total. The summed E-state index contributed by atoms with van der Waals surface area (Å²) < 4.78 is 37.3. The van der Waals surface area contributed by atoms with Gasteiger partial charge in [0.05, 0.1) is 0 Å². The molecule has 0 aromatic carbocycles. The maximum atomic E-state index is 12.1. The lowest BCUT2D eigenvalue weighted by molar-refractivity contribution is -0.180. The minimum atomic E-state index is -4.73. The standard InChI is InChI=1S/C8H15F3NOSi/c1-4-5-6-12(14(2)3)7(13)8(9,10)11/h4-6H2,1-3H3. The van der Waals surface area contributed by atoms with E-state index in [9.17, 15) is 18.0 Å². The Kier molecular flexibility index (Phi) is 5.18. The summed E-state index contributed by atoms with van der Waals surface area (Å²) >= 11 is 0. The number of hydrogen-bond donors (Lipinski definition) is 0. The van der Waals surface area contributed by atoms with Gasteiger partial charge in [-0.3, -0.25) is 4.79 Å². The maximum absolute atomic E-state index is 12.1. The molecule has 0 saturated carbocycles. The first-order valence-electron chi connectivity index (χ1n) is 4.49. The minimum absolute atomic E-state index is 0.218. The van der Waals surface area contributed by atoms with Crippen molar-refractivity contribution in [3.8, 4) is 0 Å². The first-order valence-corrected chi connectivity index (χ1v) is 6.94. The molecule has 83 valence electrons. The lowest BCUT2D eigenvalue weighted by atomic mass is 10.3. The van der Waals surface area contributed by atoms with E-state index in [4.69, 9.17) is 0 Å². The number of nitrogens with zero attached hydrogens (tertiary/aromatic N) is 1. The summed E-state index contributed by atoms with van der Waals surface area (Å²) in [4.78, 5) is 10.9. The first-order chi connectivity index (χ1) is 6.30. The minimum Gasteiger partial charge on any atom is -0.362 e. The van der Waals surface area contributed by atoms with Gasteiger partial charge in [-0.25, -0.2) is 0 Å². The number of hydrogen-bond acceptors (Lipinski definition) is 1. The van der Waals surface area contributed by atoms with Crippen LogP contribution < -0.4 is 0 Å². The van der Waals surface area contributed by atoms with Crippen LogP contribution in [0.4, 0.5) is 13.2 Å². The van der Waals surface area contributed by atoms with Crippen LogP contribution in [0.5, 0.6) is 0 Å². The third-order valence-corrected chi connectivity index (χ3v) is 3.27. The summed E-state index contributed by atoms with van der Waals surface area (Å²) in [5, 5.41) is 0. The second kappa shape index (κ2) is 5.38. The van der Waals surface area contributed by atoms with Gasteiger partial charge in [0.1, 0.15) is 0 Å². The number of carbonyl (C=O) groups excluding carboxylic acids is 1.